The number of likely N-dealkylation sites (tertiary alicyclic amines) is 1. The minimum atomic E-state index is -0.265. The summed E-state index contributed by atoms with van der Waals surface area (Å²) in [6.45, 7) is 4.38. The van der Waals surface area contributed by atoms with Crippen molar-refractivity contribution in [2.45, 2.75) is 70.4 Å². The number of hydrogen-bond acceptors (Lipinski definition) is 6. The molecule has 2 aromatic rings. The Balaban J connectivity index is 1.57. The summed E-state index contributed by atoms with van der Waals surface area (Å²) in [5.41, 5.74) is 1.18. The molecular formula is C21H30N4O3S. The van der Waals surface area contributed by atoms with Crippen molar-refractivity contribution in [1.82, 2.24) is 19.6 Å². The van der Waals surface area contributed by atoms with Crippen molar-refractivity contribution in [3.05, 3.63) is 23.0 Å². The number of nitrogens with zero attached hydrogens (tertiary/aromatic N) is 3. The monoisotopic (exact) mass is 418 g/mol. The molecule has 0 atom stereocenters. The highest BCUT2D eigenvalue weighted by Crippen LogP contribution is 2.32. The number of aromatic nitrogens is 2. The van der Waals surface area contributed by atoms with Crippen molar-refractivity contribution in [3.8, 4) is 0 Å². The summed E-state index contributed by atoms with van der Waals surface area (Å²) in [6, 6.07) is 0. The van der Waals surface area contributed by atoms with Gasteiger partial charge in [0.15, 0.2) is 10.7 Å². The van der Waals surface area contributed by atoms with Crippen LogP contribution < -0.4 is 5.32 Å². The third-order valence-corrected chi connectivity index (χ3v) is 6.94. The maximum absolute atomic E-state index is 13.1. The van der Waals surface area contributed by atoms with Gasteiger partial charge in [0, 0.05) is 36.8 Å². The fourth-order valence-electron chi connectivity index (χ4n) is 4.65. The van der Waals surface area contributed by atoms with Crippen molar-refractivity contribution < 1.29 is 14.3 Å². The quantitative estimate of drug-likeness (QED) is 0.698. The summed E-state index contributed by atoms with van der Waals surface area (Å²) in [5, 5.41) is 5.66. The predicted molar refractivity (Wildman–Crippen MR) is 112 cm³/mol. The largest absolute Gasteiger partial charge is 0.466 e. The third-order valence-electron chi connectivity index (χ3n) is 6.19. The molecule has 4 rings (SSSR count). The first-order valence-electron chi connectivity index (χ1n) is 10.8. The molecule has 0 unspecified atom stereocenters. The van der Waals surface area contributed by atoms with E-state index in [4.69, 9.17) is 4.74 Å². The zero-order valence-electron chi connectivity index (χ0n) is 17.1. The van der Waals surface area contributed by atoms with Gasteiger partial charge in [-0.1, -0.05) is 19.3 Å². The van der Waals surface area contributed by atoms with Crippen LogP contribution in [-0.4, -0.2) is 51.4 Å². The van der Waals surface area contributed by atoms with Crippen molar-refractivity contribution in [1.29, 1.82) is 0 Å². The average molecular weight is 419 g/mol. The summed E-state index contributed by atoms with van der Waals surface area (Å²) >= 11 is 1.54. The molecule has 3 heterocycles. The van der Waals surface area contributed by atoms with E-state index >= 15 is 0 Å². The minimum Gasteiger partial charge on any atom is -0.466 e. The summed E-state index contributed by atoms with van der Waals surface area (Å²) < 4.78 is 7.25. The van der Waals surface area contributed by atoms with Gasteiger partial charge in [-0.15, -0.1) is 11.3 Å². The number of esters is 1. The standard InChI is InChI=1S/C21H30N4O3S/c1-2-28-17(26)14-21(8-4-3-5-9-21)22-15-16-18(19(27)24-10-6-7-11-24)23-20-25(16)12-13-29-20/h12-13,22H,2-11,14-15H2,1H3. The second kappa shape index (κ2) is 8.83. The maximum Gasteiger partial charge on any atom is 0.307 e. The van der Waals surface area contributed by atoms with Crippen LogP contribution in [0, 0.1) is 0 Å². The Morgan fingerprint density at radius 1 is 1.21 bits per heavy atom. The molecule has 2 fully saturated rings. The molecule has 0 bridgehead atoms. The predicted octanol–water partition coefficient (Wildman–Crippen LogP) is 3.38. The maximum atomic E-state index is 13.1. The van der Waals surface area contributed by atoms with Gasteiger partial charge < -0.3 is 15.0 Å². The Hall–Kier alpha value is -1.93. The molecule has 1 saturated heterocycles. The van der Waals surface area contributed by atoms with E-state index in [-0.39, 0.29) is 17.4 Å². The van der Waals surface area contributed by atoms with E-state index in [1.165, 1.54) is 17.8 Å². The van der Waals surface area contributed by atoms with Crippen LogP contribution in [0.2, 0.25) is 0 Å². The second-order valence-electron chi connectivity index (χ2n) is 8.14. The molecular weight excluding hydrogens is 388 g/mol. The highest BCUT2D eigenvalue weighted by molar-refractivity contribution is 7.15. The zero-order chi connectivity index (χ0) is 20.3. The number of thiazole rings is 1. The van der Waals surface area contributed by atoms with Gasteiger partial charge in [0.1, 0.15) is 0 Å². The fraction of sp³-hybridized carbons (Fsp3) is 0.667. The van der Waals surface area contributed by atoms with Gasteiger partial charge in [-0.3, -0.25) is 14.0 Å². The highest BCUT2D eigenvalue weighted by atomic mass is 32.1. The summed E-state index contributed by atoms with van der Waals surface area (Å²) in [6.07, 6.45) is 9.78. The Kier molecular flexibility index (Phi) is 6.20. The highest BCUT2D eigenvalue weighted by Gasteiger charge is 2.35. The van der Waals surface area contributed by atoms with E-state index in [2.05, 4.69) is 10.3 Å². The van der Waals surface area contributed by atoms with E-state index in [0.717, 1.165) is 62.3 Å². The van der Waals surface area contributed by atoms with Crippen LogP contribution in [0.5, 0.6) is 0 Å². The third kappa shape index (κ3) is 4.33. The number of amides is 1. The summed E-state index contributed by atoms with van der Waals surface area (Å²) in [5.74, 6) is -0.123. The molecule has 0 radical (unpaired) electrons. The van der Waals surface area contributed by atoms with E-state index in [1.807, 2.05) is 27.8 Å². The molecule has 0 spiro atoms. The first-order chi connectivity index (χ1) is 14.1. The van der Waals surface area contributed by atoms with Gasteiger partial charge in [-0.05, 0) is 32.6 Å². The molecule has 8 heteroatoms. The topological polar surface area (TPSA) is 75.9 Å². The lowest BCUT2D eigenvalue weighted by Gasteiger charge is -2.37. The normalized spacial score (nSPS) is 19.0. The second-order valence-corrected chi connectivity index (χ2v) is 9.01. The first kappa shape index (κ1) is 20.3. The van der Waals surface area contributed by atoms with Crippen LogP contribution in [-0.2, 0) is 16.1 Å². The first-order valence-corrected chi connectivity index (χ1v) is 11.6. The van der Waals surface area contributed by atoms with E-state index in [1.54, 1.807) is 0 Å². The van der Waals surface area contributed by atoms with Crippen LogP contribution in [0.4, 0.5) is 0 Å². The molecule has 2 aliphatic rings. The van der Waals surface area contributed by atoms with Crippen LogP contribution in [0.3, 0.4) is 0 Å². The number of hydrogen-bond donors (Lipinski definition) is 1. The molecule has 1 saturated carbocycles. The number of carbonyl (C=O) groups excluding carboxylic acids is 2. The molecule has 0 aromatic carbocycles. The molecule has 158 valence electrons. The number of fused-ring (bicyclic) bond motifs is 1. The van der Waals surface area contributed by atoms with E-state index in [9.17, 15) is 9.59 Å². The number of ether oxygens (including phenoxy) is 1. The molecule has 1 amide bonds. The number of nitrogens with one attached hydrogen (secondary N) is 1. The van der Waals surface area contributed by atoms with Crippen LogP contribution in [0.1, 0.15) is 74.5 Å². The molecule has 1 aliphatic carbocycles. The van der Waals surface area contributed by atoms with Gasteiger partial charge in [0.2, 0.25) is 0 Å². The van der Waals surface area contributed by atoms with Gasteiger partial charge in [-0.25, -0.2) is 4.98 Å². The zero-order valence-corrected chi connectivity index (χ0v) is 17.9. The van der Waals surface area contributed by atoms with Crippen molar-refractivity contribution in [3.63, 3.8) is 0 Å². The average Bonchev–Trinajstić information content (AvgIpc) is 3.44. The van der Waals surface area contributed by atoms with Gasteiger partial charge in [-0.2, -0.15) is 0 Å². The molecule has 7 nitrogen and oxygen atoms in total. The SMILES string of the molecule is CCOC(=O)CC1(NCc2c(C(=O)N3CCCC3)nc3sccn23)CCCCC1. The van der Waals surface area contributed by atoms with Crippen molar-refractivity contribution in [2.75, 3.05) is 19.7 Å². The summed E-state index contributed by atoms with van der Waals surface area (Å²) in [4.78, 5) is 32.7. The van der Waals surface area contributed by atoms with Crippen LogP contribution in [0.15, 0.2) is 11.6 Å². The number of rotatable bonds is 7. The van der Waals surface area contributed by atoms with Gasteiger partial charge in [0.05, 0.1) is 18.7 Å². The lowest BCUT2D eigenvalue weighted by Crippen LogP contribution is -2.48. The minimum absolute atomic E-state index is 0.0262. The fourth-order valence-corrected chi connectivity index (χ4v) is 5.38. The lowest BCUT2D eigenvalue weighted by molar-refractivity contribution is -0.145. The van der Waals surface area contributed by atoms with Gasteiger partial charge >= 0.3 is 5.97 Å². The smallest absolute Gasteiger partial charge is 0.307 e. The Morgan fingerprint density at radius 2 is 1.97 bits per heavy atom. The molecule has 1 aliphatic heterocycles. The molecule has 29 heavy (non-hydrogen) atoms. The summed E-state index contributed by atoms with van der Waals surface area (Å²) in [7, 11) is 0. The Labute approximate surface area is 175 Å². The lowest BCUT2D eigenvalue weighted by atomic mass is 9.79. The van der Waals surface area contributed by atoms with E-state index in [0.29, 0.717) is 25.3 Å². The van der Waals surface area contributed by atoms with Crippen LogP contribution in [0.25, 0.3) is 4.96 Å². The number of carbonyl (C=O) groups is 2. The van der Waals surface area contributed by atoms with Gasteiger partial charge in [0.25, 0.3) is 5.91 Å². The molecule has 2 aromatic heterocycles. The van der Waals surface area contributed by atoms with Crippen molar-refractivity contribution in [2.24, 2.45) is 0 Å². The van der Waals surface area contributed by atoms with E-state index < -0.39 is 0 Å². The van der Waals surface area contributed by atoms with Crippen LogP contribution >= 0.6 is 11.3 Å². The Morgan fingerprint density at radius 3 is 2.69 bits per heavy atom. The Bertz CT molecular complexity index is 863. The number of imidazole rings is 1. The van der Waals surface area contributed by atoms with Crippen molar-refractivity contribution >= 4 is 28.2 Å². The molecule has 1 N–H and O–H groups in total.